The molecule has 0 spiro atoms. The van der Waals surface area contributed by atoms with Crippen molar-refractivity contribution in [1.82, 2.24) is 4.90 Å². The van der Waals surface area contributed by atoms with E-state index in [-0.39, 0.29) is 28.3 Å². The lowest BCUT2D eigenvalue weighted by molar-refractivity contribution is -0.125. The molecule has 25 heavy (non-hydrogen) atoms. The van der Waals surface area contributed by atoms with E-state index in [1.54, 1.807) is 12.1 Å². The van der Waals surface area contributed by atoms with E-state index in [9.17, 15) is 22.4 Å². The van der Waals surface area contributed by atoms with E-state index in [1.165, 1.54) is 24.3 Å². The molecule has 1 fully saturated rings. The van der Waals surface area contributed by atoms with E-state index < -0.39 is 15.8 Å². The van der Waals surface area contributed by atoms with Crippen molar-refractivity contribution in [2.45, 2.75) is 11.4 Å². The van der Waals surface area contributed by atoms with Crippen molar-refractivity contribution in [3.63, 3.8) is 0 Å². The van der Waals surface area contributed by atoms with Gasteiger partial charge in [0, 0.05) is 5.69 Å². The molecule has 6 nitrogen and oxygen atoms in total. The first-order chi connectivity index (χ1) is 11.8. The van der Waals surface area contributed by atoms with E-state index in [4.69, 9.17) is 0 Å². The monoisotopic (exact) mass is 380 g/mol. The number of hydrogen-bond donors (Lipinski definition) is 1. The van der Waals surface area contributed by atoms with Crippen molar-refractivity contribution < 1.29 is 22.4 Å². The highest BCUT2D eigenvalue weighted by atomic mass is 32.2. The lowest BCUT2D eigenvalue weighted by Crippen LogP contribution is -2.27. The second-order valence-corrected chi connectivity index (χ2v) is 7.90. The van der Waals surface area contributed by atoms with E-state index in [0.717, 1.165) is 28.8 Å². The average molecular weight is 380 g/mol. The Kier molecular flexibility index (Phi) is 4.78. The fourth-order valence-electron chi connectivity index (χ4n) is 2.22. The summed E-state index contributed by atoms with van der Waals surface area (Å²) in [5.74, 6) is -0.613. The molecule has 0 bridgehead atoms. The molecule has 130 valence electrons. The summed E-state index contributed by atoms with van der Waals surface area (Å²) in [4.78, 5) is 24.3. The van der Waals surface area contributed by atoms with Gasteiger partial charge in [0.05, 0.1) is 17.2 Å². The Hall–Kier alpha value is -2.39. The molecular weight excluding hydrogens is 367 g/mol. The Morgan fingerprint density at radius 1 is 1.04 bits per heavy atom. The number of imide groups is 1. The molecule has 1 N–H and O–H groups in total. The van der Waals surface area contributed by atoms with Gasteiger partial charge in [-0.15, -0.1) is 0 Å². The third-order valence-corrected chi connectivity index (χ3v) is 5.77. The minimum atomic E-state index is -3.82. The maximum absolute atomic E-state index is 12.9. The minimum Gasteiger partial charge on any atom is -0.280 e. The van der Waals surface area contributed by atoms with Gasteiger partial charge in [0.15, 0.2) is 0 Å². The summed E-state index contributed by atoms with van der Waals surface area (Å²) in [6.07, 6.45) is 0. The van der Waals surface area contributed by atoms with E-state index >= 15 is 0 Å². The largest absolute Gasteiger partial charge is 0.289 e. The zero-order chi connectivity index (χ0) is 18.0. The Labute approximate surface area is 148 Å². The lowest BCUT2D eigenvalue weighted by atomic mass is 10.2. The first-order valence-electron chi connectivity index (χ1n) is 7.19. The summed E-state index contributed by atoms with van der Waals surface area (Å²) in [5.41, 5.74) is 1.02. The number of hydrogen-bond acceptors (Lipinski definition) is 5. The molecule has 0 radical (unpaired) electrons. The molecule has 2 aromatic carbocycles. The van der Waals surface area contributed by atoms with Crippen LogP contribution in [-0.2, 0) is 21.4 Å². The molecule has 0 saturated carbocycles. The van der Waals surface area contributed by atoms with Gasteiger partial charge < -0.3 is 0 Å². The smallest absolute Gasteiger partial charge is 0.280 e. The number of rotatable bonds is 5. The Morgan fingerprint density at radius 3 is 2.24 bits per heavy atom. The van der Waals surface area contributed by atoms with Gasteiger partial charge in [0.25, 0.3) is 15.3 Å². The van der Waals surface area contributed by atoms with Gasteiger partial charge in [-0.05, 0) is 42.0 Å². The normalized spacial score (nSPS) is 14.8. The molecule has 0 aromatic heterocycles. The Bertz CT molecular complexity index is 896. The molecule has 3 rings (SSSR count). The molecule has 1 aliphatic heterocycles. The third-order valence-electron chi connectivity index (χ3n) is 3.51. The number of amides is 2. The summed E-state index contributed by atoms with van der Waals surface area (Å²) < 4.78 is 39.7. The number of sulfonamides is 1. The summed E-state index contributed by atoms with van der Waals surface area (Å²) >= 11 is 0.961. The van der Waals surface area contributed by atoms with Crippen molar-refractivity contribution in [3.05, 3.63) is 59.9 Å². The third kappa shape index (κ3) is 3.99. The first kappa shape index (κ1) is 17.4. The van der Waals surface area contributed by atoms with Crippen LogP contribution in [0, 0.1) is 5.82 Å². The van der Waals surface area contributed by atoms with Crippen molar-refractivity contribution >= 4 is 38.6 Å². The number of benzene rings is 2. The van der Waals surface area contributed by atoms with E-state index in [1.807, 2.05) is 0 Å². The molecule has 0 unspecified atom stereocenters. The predicted molar refractivity (Wildman–Crippen MR) is 92.1 cm³/mol. The molecule has 1 heterocycles. The van der Waals surface area contributed by atoms with E-state index in [2.05, 4.69) is 4.72 Å². The van der Waals surface area contributed by atoms with Crippen LogP contribution in [0.1, 0.15) is 5.56 Å². The van der Waals surface area contributed by atoms with Crippen LogP contribution < -0.4 is 4.72 Å². The fraction of sp³-hybridized carbons (Fsp3) is 0.125. The summed E-state index contributed by atoms with van der Waals surface area (Å²) in [5, 5.41) is -0.286. The lowest BCUT2D eigenvalue weighted by Gasteiger charge is -2.13. The number of nitrogens with zero attached hydrogens (tertiary/aromatic N) is 1. The van der Waals surface area contributed by atoms with Gasteiger partial charge in [-0.2, -0.15) is 0 Å². The number of anilines is 1. The Balaban J connectivity index is 1.71. The summed E-state index contributed by atoms with van der Waals surface area (Å²) in [6, 6.07) is 10.8. The zero-order valence-electron chi connectivity index (χ0n) is 12.8. The van der Waals surface area contributed by atoms with Crippen molar-refractivity contribution in [3.8, 4) is 0 Å². The standard InChI is InChI=1S/C16H13FN2O4S2/c17-12-3-7-14(8-4-12)25(22,23)18-13-5-1-11(2-6-13)9-19-15(20)10-24-16(19)21/h1-8,18H,9-10H2. The maximum Gasteiger partial charge on any atom is 0.289 e. The number of nitrogens with one attached hydrogen (secondary N) is 1. The second-order valence-electron chi connectivity index (χ2n) is 5.29. The molecule has 0 atom stereocenters. The zero-order valence-corrected chi connectivity index (χ0v) is 14.4. The van der Waals surface area contributed by atoms with Crippen molar-refractivity contribution in [2.75, 3.05) is 10.5 Å². The molecule has 2 amide bonds. The average Bonchev–Trinajstić information content (AvgIpc) is 2.89. The highest BCUT2D eigenvalue weighted by Gasteiger charge is 2.29. The van der Waals surface area contributed by atoms with Crippen LogP contribution in [0.15, 0.2) is 53.4 Å². The van der Waals surface area contributed by atoms with Crippen LogP contribution in [0.4, 0.5) is 14.9 Å². The SMILES string of the molecule is O=C1CSC(=O)N1Cc1ccc(NS(=O)(=O)c2ccc(F)cc2)cc1. The molecular formula is C16H13FN2O4S2. The van der Waals surface area contributed by atoms with Crippen LogP contribution in [0.25, 0.3) is 0 Å². The number of carbonyl (C=O) groups excluding carboxylic acids is 2. The van der Waals surface area contributed by atoms with Crippen molar-refractivity contribution in [1.29, 1.82) is 0 Å². The highest BCUT2D eigenvalue weighted by molar-refractivity contribution is 8.14. The van der Waals surface area contributed by atoms with Gasteiger partial charge in [-0.25, -0.2) is 12.8 Å². The van der Waals surface area contributed by atoms with Crippen LogP contribution in [-0.4, -0.2) is 30.2 Å². The predicted octanol–water partition coefficient (Wildman–Crippen LogP) is 2.82. The maximum atomic E-state index is 12.9. The second kappa shape index (κ2) is 6.85. The molecule has 2 aromatic rings. The summed E-state index contributed by atoms with van der Waals surface area (Å²) in [6.45, 7) is 0.148. The van der Waals surface area contributed by atoms with Gasteiger partial charge >= 0.3 is 0 Å². The molecule has 0 aliphatic carbocycles. The highest BCUT2D eigenvalue weighted by Crippen LogP contribution is 2.22. The topological polar surface area (TPSA) is 83.6 Å². The van der Waals surface area contributed by atoms with Crippen LogP contribution in [0.3, 0.4) is 0 Å². The van der Waals surface area contributed by atoms with Gasteiger partial charge in [-0.1, -0.05) is 23.9 Å². The Morgan fingerprint density at radius 2 is 1.68 bits per heavy atom. The molecule has 1 saturated heterocycles. The fourth-order valence-corrected chi connectivity index (χ4v) is 4.01. The molecule has 9 heteroatoms. The van der Waals surface area contributed by atoms with Crippen molar-refractivity contribution in [2.24, 2.45) is 0 Å². The summed E-state index contributed by atoms with van der Waals surface area (Å²) in [7, 11) is -3.82. The van der Waals surface area contributed by atoms with Gasteiger partial charge in [0.1, 0.15) is 5.82 Å². The van der Waals surface area contributed by atoms with Gasteiger partial charge in [0.2, 0.25) is 5.91 Å². The number of halogens is 1. The van der Waals surface area contributed by atoms with Crippen LogP contribution in [0.2, 0.25) is 0 Å². The molecule has 1 aliphatic rings. The minimum absolute atomic E-state index is 0.0525. The van der Waals surface area contributed by atoms with E-state index in [0.29, 0.717) is 11.3 Å². The number of thioether (sulfide) groups is 1. The van der Waals surface area contributed by atoms with Crippen LogP contribution in [0.5, 0.6) is 0 Å². The van der Waals surface area contributed by atoms with Gasteiger partial charge in [-0.3, -0.25) is 19.2 Å². The van der Waals surface area contributed by atoms with Crippen LogP contribution >= 0.6 is 11.8 Å². The number of carbonyl (C=O) groups is 2. The quantitative estimate of drug-likeness (QED) is 0.862. The first-order valence-corrected chi connectivity index (χ1v) is 9.66.